The zero-order valence-electron chi connectivity index (χ0n) is 14.4. The Bertz CT molecular complexity index is 945. The second kappa shape index (κ2) is 6.60. The van der Waals surface area contributed by atoms with E-state index < -0.39 is 23.8 Å². The largest absolute Gasteiger partial charge is 0.467 e. The van der Waals surface area contributed by atoms with E-state index in [0.29, 0.717) is 11.5 Å². The van der Waals surface area contributed by atoms with Gasteiger partial charge < -0.3 is 4.74 Å². The monoisotopic (exact) mass is 365 g/mol. The predicted molar refractivity (Wildman–Crippen MR) is 93.5 cm³/mol. The fourth-order valence-corrected chi connectivity index (χ4v) is 3.16. The number of methoxy groups -OCH3 is 1. The van der Waals surface area contributed by atoms with Gasteiger partial charge in [0.05, 0.1) is 18.2 Å². The first-order valence-corrected chi connectivity index (χ1v) is 8.29. The zero-order valence-corrected chi connectivity index (χ0v) is 14.4. The minimum atomic E-state index is -1.16. The number of benzene rings is 2. The molecule has 2 aromatic rings. The van der Waals surface area contributed by atoms with Gasteiger partial charge in [-0.05, 0) is 24.3 Å². The summed E-state index contributed by atoms with van der Waals surface area (Å²) >= 11 is 0. The Morgan fingerprint density at radius 1 is 1.00 bits per heavy atom. The molecule has 2 aliphatic rings. The molecule has 136 valence electrons. The van der Waals surface area contributed by atoms with Crippen LogP contribution in [0.2, 0.25) is 0 Å². The molecule has 1 unspecified atom stereocenters. The Kier molecular flexibility index (Phi) is 4.12. The number of carbonyl (C=O) groups excluding carboxylic acids is 3. The lowest BCUT2D eigenvalue weighted by molar-refractivity contribution is -0.174. The van der Waals surface area contributed by atoms with Gasteiger partial charge in [0.1, 0.15) is 6.04 Å². The van der Waals surface area contributed by atoms with Gasteiger partial charge >= 0.3 is 5.97 Å². The van der Waals surface area contributed by atoms with Crippen LogP contribution in [0.3, 0.4) is 0 Å². The van der Waals surface area contributed by atoms with Gasteiger partial charge in [-0.25, -0.2) is 4.79 Å². The fourth-order valence-electron chi connectivity index (χ4n) is 3.16. The molecule has 0 radical (unpaired) electrons. The molecule has 0 aromatic heterocycles. The SMILES string of the molecule is COC(=O)C(CC1=Cc2ccccc2OO1)N1C(=O)c2ccccc2C1=O. The Labute approximate surface area is 154 Å². The van der Waals surface area contributed by atoms with Crippen molar-refractivity contribution in [3.63, 3.8) is 0 Å². The lowest BCUT2D eigenvalue weighted by Crippen LogP contribution is -2.45. The molecule has 0 saturated heterocycles. The maximum atomic E-state index is 12.7. The molecule has 0 aliphatic carbocycles. The molecule has 2 aliphatic heterocycles. The number of nitrogens with zero attached hydrogens (tertiary/aromatic N) is 1. The first-order valence-electron chi connectivity index (χ1n) is 8.29. The van der Waals surface area contributed by atoms with Crippen LogP contribution in [0.4, 0.5) is 0 Å². The van der Waals surface area contributed by atoms with Crippen LogP contribution >= 0.6 is 0 Å². The maximum Gasteiger partial charge on any atom is 0.329 e. The van der Waals surface area contributed by atoms with E-state index in [1.54, 1.807) is 42.5 Å². The minimum absolute atomic E-state index is 0.0630. The van der Waals surface area contributed by atoms with Crippen molar-refractivity contribution < 1.29 is 28.9 Å². The smallest absolute Gasteiger partial charge is 0.329 e. The maximum absolute atomic E-state index is 12.7. The summed E-state index contributed by atoms with van der Waals surface area (Å²) in [4.78, 5) is 49.2. The number of hydrogen-bond donors (Lipinski definition) is 0. The first kappa shape index (κ1) is 16.8. The van der Waals surface area contributed by atoms with Crippen LogP contribution in [0.25, 0.3) is 6.08 Å². The van der Waals surface area contributed by atoms with E-state index in [1.807, 2.05) is 12.1 Å². The quantitative estimate of drug-likeness (QED) is 0.471. The highest BCUT2D eigenvalue weighted by molar-refractivity contribution is 6.22. The number of para-hydroxylation sites is 1. The Morgan fingerprint density at radius 2 is 1.63 bits per heavy atom. The van der Waals surface area contributed by atoms with E-state index in [1.165, 1.54) is 7.11 Å². The number of rotatable bonds is 4. The molecule has 7 nitrogen and oxygen atoms in total. The van der Waals surface area contributed by atoms with E-state index in [4.69, 9.17) is 14.5 Å². The number of carbonyl (C=O) groups is 3. The summed E-state index contributed by atoms with van der Waals surface area (Å²) < 4.78 is 4.82. The normalized spacial score (nSPS) is 15.9. The highest BCUT2D eigenvalue weighted by atomic mass is 17.2. The van der Waals surface area contributed by atoms with E-state index in [2.05, 4.69) is 0 Å². The van der Waals surface area contributed by atoms with Crippen molar-refractivity contribution in [3.8, 4) is 5.75 Å². The molecule has 4 rings (SSSR count). The molecule has 2 aromatic carbocycles. The third-order valence-electron chi connectivity index (χ3n) is 4.48. The summed E-state index contributed by atoms with van der Waals surface area (Å²) in [6, 6.07) is 12.5. The summed E-state index contributed by atoms with van der Waals surface area (Å²) in [5, 5.41) is 0. The highest BCUT2D eigenvalue weighted by Gasteiger charge is 2.44. The molecular weight excluding hydrogens is 350 g/mol. The average Bonchev–Trinajstić information content (AvgIpc) is 2.96. The van der Waals surface area contributed by atoms with Crippen LogP contribution in [-0.4, -0.2) is 35.8 Å². The Hall–Kier alpha value is -3.61. The van der Waals surface area contributed by atoms with Gasteiger partial charge in [-0.3, -0.25) is 24.3 Å². The summed E-state index contributed by atoms with van der Waals surface area (Å²) in [6.07, 6.45) is 1.64. The molecule has 0 fully saturated rings. The lowest BCUT2D eigenvalue weighted by atomic mass is 10.1. The summed E-state index contributed by atoms with van der Waals surface area (Å²) in [5.74, 6) is -0.947. The van der Waals surface area contributed by atoms with Crippen molar-refractivity contribution in [1.29, 1.82) is 0 Å². The fraction of sp³-hybridized carbons (Fsp3) is 0.150. The predicted octanol–water partition coefficient (Wildman–Crippen LogP) is 2.58. The topological polar surface area (TPSA) is 82.1 Å². The molecule has 0 saturated carbocycles. The van der Waals surface area contributed by atoms with Crippen molar-refractivity contribution >= 4 is 23.9 Å². The third kappa shape index (κ3) is 2.83. The van der Waals surface area contributed by atoms with Gasteiger partial charge in [-0.2, -0.15) is 0 Å². The van der Waals surface area contributed by atoms with Gasteiger partial charge in [0.2, 0.25) is 0 Å². The zero-order chi connectivity index (χ0) is 19.0. The number of ether oxygens (including phenoxy) is 1. The molecule has 2 heterocycles. The van der Waals surface area contributed by atoms with Crippen LogP contribution in [-0.2, 0) is 14.4 Å². The van der Waals surface area contributed by atoms with Crippen LogP contribution in [0.15, 0.2) is 54.3 Å². The molecule has 0 N–H and O–H groups in total. The van der Waals surface area contributed by atoms with Gasteiger partial charge in [0.25, 0.3) is 11.8 Å². The van der Waals surface area contributed by atoms with E-state index in [-0.39, 0.29) is 17.5 Å². The number of amides is 2. The van der Waals surface area contributed by atoms with Crippen LogP contribution < -0.4 is 4.89 Å². The van der Waals surface area contributed by atoms with E-state index in [0.717, 1.165) is 10.5 Å². The van der Waals surface area contributed by atoms with Gasteiger partial charge in [0, 0.05) is 12.0 Å². The van der Waals surface area contributed by atoms with Crippen molar-refractivity contribution in [2.75, 3.05) is 7.11 Å². The van der Waals surface area contributed by atoms with Gasteiger partial charge in [-0.1, -0.05) is 30.3 Å². The molecule has 2 amide bonds. The van der Waals surface area contributed by atoms with Crippen LogP contribution in [0.5, 0.6) is 5.75 Å². The first-order chi connectivity index (χ1) is 13.1. The molecule has 0 bridgehead atoms. The standard InChI is InChI=1S/C20H15NO6/c1-25-20(24)16(11-13-10-12-6-2-5-9-17(12)27-26-13)21-18(22)14-7-3-4-8-15(14)19(21)23/h2-10,16H,11H2,1H3. The lowest BCUT2D eigenvalue weighted by Gasteiger charge is -2.25. The number of fused-ring (bicyclic) bond motifs is 2. The van der Waals surface area contributed by atoms with E-state index in [9.17, 15) is 14.4 Å². The Morgan fingerprint density at radius 3 is 2.30 bits per heavy atom. The molecule has 7 heteroatoms. The van der Waals surface area contributed by atoms with Crippen LogP contribution in [0, 0.1) is 0 Å². The van der Waals surface area contributed by atoms with Gasteiger partial charge in [-0.15, -0.1) is 0 Å². The summed E-state index contributed by atoms with van der Waals surface area (Å²) in [5.41, 5.74) is 1.29. The Balaban J connectivity index is 1.66. The van der Waals surface area contributed by atoms with Gasteiger partial charge in [0.15, 0.2) is 11.5 Å². The van der Waals surface area contributed by atoms with Crippen molar-refractivity contribution in [3.05, 3.63) is 71.0 Å². The molecular formula is C20H15NO6. The molecule has 27 heavy (non-hydrogen) atoms. The number of imide groups is 1. The van der Waals surface area contributed by atoms with Crippen molar-refractivity contribution in [2.45, 2.75) is 12.5 Å². The second-order valence-corrected chi connectivity index (χ2v) is 6.08. The van der Waals surface area contributed by atoms with Crippen molar-refractivity contribution in [1.82, 2.24) is 4.90 Å². The van der Waals surface area contributed by atoms with Crippen LogP contribution in [0.1, 0.15) is 32.7 Å². The minimum Gasteiger partial charge on any atom is -0.467 e. The summed E-state index contributed by atoms with van der Waals surface area (Å²) in [6.45, 7) is 0. The van der Waals surface area contributed by atoms with E-state index >= 15 is 0 Å². The summed E-state index contributed by atoms with van der Waals surface area (Å²) in [7, 11) is 1.20. The molecule has 1 atom stereocenters. The third-order valence-corrected chi connectivity index (χ3v) is 4.48. The highest BCUT2D eigenvalue weighted by Crippen LogP contribution is 2.31. The number of hydrogen-bond acceptors (Lipinski definition) is 6. The molecule has 0 spiro atoms. The average molecular weight is 365 g/mol. The number of esters is 1. The second-order valence-electron chi connectivity index (χ2n) is 6.08. The van der Waals surface area contributed by atoms with Crippen molar-refractivity contribution in [2.24, 2.45) is 0 Å².